The first-order valence-electron chi connectivity index (χ1n) is 6.78. The van der Waals surface area contributed by atoms with Gasteiger partial charge in [-0.2, -0.15) is 0 Å². The summed E-state index contributed by atoms with van der Waals surface area (Å²) in [5.74, 6) is -0.792. The van der Waals surface area contributed by atoms with Crippen LogP contribution in [0.15, 0.2) is 12.5 Å². The van der Waals surface area contributed by atoms with Gasteiger partial charge in [0.25, 0.3) is 5.91 Å². The van der Waals surface area contributed by atoms with Crippen LogP contribution in [-0.4, -0.2) is 66.3 Å². The number of rotatable bonds is 9. The summed E-state index contributed by atoms with van der Waals surface area (Å²) in [5, 5.41) is 0. The van der Waals surface area contributed by atoms with Crippen LogP contribution in [0.3, 0.4) is 0 Å². The first kappa shape index (κ1) is 17.1. The lowest BCUT2D eigenvalue weighted by Crippen LogP contribution is -2.38. The molecule has 1 heterocycles. The van der Waals surface area contributed by atoms with Gasteiger partial charge < -0.3 is 24.7 Å². The second-order valence-corrected chi connectivity index (χ2v) is 4.31. The van der Waals surface area contributed by atoms with Crippen molar-refractivity contribution < 1.29 is 19.1 Å². The number of hydrogen-bond acceptors (Lipinski definition) is 6. The predicted molar refractivity (Wildman–Crippen MR) is 75.7 cm³/mol. The molecule has 0 aliphatic carbocycles. The van der Waals surface area contributed by atoms with Gasteiger partial charge in [0.2, 0.25) is 0 Å². The van der Waals surface area contributed by atoms with E-state index in [0.717, 1.165) is 0 Å². The zero-order chi connectivity index (χ0) is 15.7. The maximum atomic E-state index is 12.4. The van der Waals surface area contributed by atoms with E-state index in [1.807, 2.05) is 0 Å². The van der Waals surface area contributed by atoms with Gasteiger partial charge in [-0.05, 0) is 6.92 Å². The monoisotopic (exact) mass is 298 g/mol. The largest absolute Gasteiger partial charge is 0.465 e. The number of carbonyl (C=O) groups excluding carboxylic acids is 2. The van der Waals surface area contributed by atoms with Crippen molar-refractivity contribution in [2.75, 3.05) is 40.0 Å². The van der Waals surface area contributed by atoms with E-state index in [4.69, 9.17) is 15.2 Å². The van der Waals surface area contributed by atoms with Gasteiger partial charge in [-0.3, -0.25) is 9.59 Å². The number of nitrogens with zero attached hydrogens (tertiary/aromatic N) is 3. The van der Waals surface area contributed by atoms with Crippen LogP contribution in [0, 0.1) is 0 Å². The third-order valence-corrected chi connectivity index (χ3v) is 2.72. The van der Waals surface area contributed by atoms with Crippen LogP contribution in [0.25, 0.3) is 0 Å². The minimum absolute atomic E-state index is 0.125. The second kappa shape index (κ2) is 9.09. The summed E-state index contributed by atoms with van der Waals surface area (Å²) < 4.78 is 11.6. The van der Waals surface area contributed by atoms with Crippen molar-refractivity contribution in [2.45, 2.75) is 13.5 Å². The van der Waals surface area contributed by atoms with Crippen molar-refractivity contribution in [3.8, 4) is 0 Å². The zero-order valence-electron chi connectivity index (χ0n) is 12.4. The molecule has 0 aliphatic rings. The lowest BCUT2D eigenvalue weighted by Gasteiger charge is -2.20. The van der Waals surface area contributed by atoms with E-state index in [0.29, 0.717) is 19.7 Å². The number of esters is 1. The predicted octanol–water partition coefficient (Wildman–Crippen LogP) is -0.506. The molecule has 0 unspecified atom stereocenters. The topological polar surface area (TPSA) is 99.7 Å². The van der Waals surface area contributed by atoms with E-state index < -0.39 is 5.97 Å². The van der Waals surface area contributed by atoms with E-state index in [1.54, 1.807) is 24.0 Å². The Morgan fingerprint density at radius 3 is 2.86 bits per heavy atom. The Bertz CT molecular complexity index is 461. The summed E-state index contributed by atoms with van der Waals surface area (Å²) in [5.41, 5.74) is 5.72. The van der Waals surface area contributed by atoms with Crippen molar-refractivity contribution in [1.29, 1.82) is 0 Å². The normalized spacial score (nSPS) is 10.4. The maximum absolute atomic E-state index is 12.4. The maximum Gasteiger partial charge on any atom is 0.325 e. The molecule has 8 nitrogen and oxygen atoms in total. The van der Waals surface area contributed by atoms with Crippen molar-refractivity contribution >= 4 is 11.9 Å². The third-order valence-electron chi connectivity index (χ3n) is 2.72. The Morgan fingerprint density at radius 1 is 1.48 bits per heavy atom. The molecule has 1 amide bonds. The lowest BCUT2D eigenvalue weighted by atomic mass is 10.3. The standard InChI is InChI=1S/C13H22N4O4/c1-3-21-12(18)9-17(6-7-20-2)13(19)11-8-16(5-4-14)10-15-11/h8,10H,3-7,9,14H2,1-2H3. The smallest absolute Gasteiger partial charge is 0.325 e. The first-order chi connectivity index (χ1) is 10.1. The van der Waals surface area contributed by atoms with Gasteiger partial charge in [-0.1, -0.05) is 0 Å². The average Bonchev–Trinajstić information content (AvgIpc) is 2.92. The number of methoxy groups -OCH3 is 1. The Balaban J connectivity index is 2.74. The van der Waals surface area contributed by atoms with Crippen LogP contribution < -0.4 is 5.73 Å². The second-order valence-electron chi connectivity index (χ2n) is 4.31. The summed E-state index contributed by atoms with van der Waals surface area (Å²) in [6, 6.07) is 0. The summed E-state index contributed by atoms with van der Waals surface area (Å²) in [7, 11) is 1.53. The number of hydrogen-bond donors (Lipinski definition) is 1. The van der Waals surface area contributed by atoms with Crippen LogP contribution in [0.1, 0.15) is 17.4 Å². The molecule has 1 aromatic heterocycles. The SMILES string of the molecule is CCOC(=O)CN(CCOC)C(=O)c1cn(CCN)cn1. The molecule has 0 radical (unpaired) electrons. The van der Waals surface area contributed by atoms with Gasteiger partial charge >= 0.3 is 5.97 Å². The fraction of sp³-hybridized carbons (Fsp3) is 0.615. The number of carbonyl (C=O) groups is 2. The Morgan fingerprint density at radius 2 is 2.24 bits per heavy atom. The molecule has 0 fully saturated rings. The molecular formula is C13H22N4O4. The van der Waals surface area contributed by atoms with Gasteiger partial charge in [-0.25, -0.2) is 4.98 Å². The highest BCUT2D eigenvalue weighted by Gasteiger charge is 2.21. The zero-order valence-corrected chi connectivity index (χ0v) is 12.4. The summed E-state index contributed by atoms with van der Waals surface area (Å²) in [4.78, 5) is 29.3. The molecule has 0 aromatic carbocycles. The minimum atomic E-state index is -0.455. The van der Waals surface area contributed by atoms with Crippen LogP contribution in [-0.2, 0) is 20.8 Å². The van der Waals surface area contributed by atoms with Crippen molar-refractivity contribution in [3.05, 3.63) is 18.2 Å². The molecule has 118 valence electrons. The molecule has 0 saturated heterocycles. The highest BCUT2D eigenvalue weighted by molar-refractivity contribution is 5.94. The highest BCUT2D eigenvalue weighted by atomic mass is 16.5. The molecule has 8 heteroatoms. The summed E-state index contributed by atoms with van der Waals surface area (Å²) in [6.45, 7) is 3.52. The lowest BCUT2D eigenvalue weighted by molar-refractivity contribution is -0.143. The van der Waals surface area contributed by atoms with Gasteiger partial charge in [-0.15, -0.1) is 0 Å². The van der Waals surface area contributed by atoms with Gasteiger partial charge in [0.05, 0.1) is 19.5 Å². The van der Waals surface area contributed by atoms with Crippen molar-refractivity contribution in [2.24, 2.45) is 5.73 Å². The van der Waals surface area contributed by atoms with E-state index in [1.165, 1.54) is 12.0 Å². The van der Waals surface area contributed by atoms with Gasteiger partial charge in [0, 0.05) is 32.9 Å². The fourth-order valence-electron chi connectivity index (χ4n) is 1.72. The average molecular weight is 298 g/mol. The van der Waals surface area contributed by atoms with Crippen LogP contribution in [0.4, 0.5) is 0 Å². The fourth-order valence-corrected chi connectivity index (χ4v) is 1.72. The van der Waals surface area contributed by atoms with Crippen LogP contribution in [0.5, 0.6) is 0 Å². The van der Waals surface area contributed by atoms with E-state index in [9.17, 15) is 9.59 Å². The minimum Gasteiger partial charge on any atom is -0.465 e. The first-order valence-corrected chi connectivity index (χ1v) is 6.78. The highest BCUT2D eigenvalue weighted by Crippen LogP contribution is 2.03. The molecule has 1 rings (SSSR count). The van der Waals surface area contributed by atoms with Gasteiger partial charge in [0.15, 0.2) is 0 Å². The Kier molecular flexibility index (Phi) is 7.41. The third kappa shape index (κ3) is 5.52. The number of amides is 1. The number of aromatic nitrogens is 2. The molecule has 0 bridgehead atoms. The summed E-state index contributed by atoms with van der Waals surface area (Å²) >= 11 is 0. The molecule has 0 aliphatic heterocycles. The number of ether oxygens (including phenoxy) is 2. The number of nitrogens with two attached hydrogens (primary N) is 1. The van der Waals surface area contributed by atoms with Gasteiger partial charge in [0.1, 0.15) is 12.2 Å². The van der Waals surface area contributed by atoms with Crippen molar-refractivity contribution in [3.63, 3.8) is 0 Å². The Hall–Kier alpha value is -1.93. The molecule has 0 atom stereocenters. The molecule has 2 N–H and O–H groups in total. The Labute approximate surface area is 123 Å². The van der Waals surface area contributed by atoms with E-state index in [2.05, 4.69) is 4.98 Å². The van der Waals surface area contributed by atoms with E-state index in [-0.39, 0.29) is 31.3 Å². The molecular weight excluding hydrogens is 276 g/mol. The quantitative estimate of drug-likeness (QED) is 0.617. The molecule has 0 saturated carbocycles. The number of imidazole rings is 1. The molecule has 21 heavy (non-hydrogen) atoms. The van der Waals surface area contributed by atoms with Crippen LogP contribution in [0.2, 0.25) is 0 Å². The van der Waals surface area contributed by atoms with Crippen molar-refractivity contribution in [1.82, 2.24) is 14.5 Å². The summed E-state index contributed by atoms with van der Waals surface area (Å²) in [6.07, 6.45) is 3.15. The molecule has 1 aromatic rings. The molecule has 0 spiro atoms. The van der Waals surface area contributed by atoms with E-state index >= 15 is 0 Å². The van der Waals surface area contributed by atoms with Crippen LogP contribution >= 0.6 is 0 Å².